The van der Waals surface area contributed by atoms with Crippen molar-refractivity contribution in [3.63, 3.8) is 0 Å². The number of unbranched alkanes of at least 4 members (excludes halogenated alkanes) is 1. The van der Waals surface area contributed by atoms with Gasteiger partial charge in [-0.05, 0) is 59.2 Å². The van der Waals surface area contributed by atoms with Crippen molar-refractivity contribution in [2.24, 2.45) is 0 Å². The number of barbiturate groups is 1. The van der Waals surface area contributed by atoms with E-state index in [1.807, 2.05) is 48.5 Å². The zero-order chi connectivity index (χ0) is 27.2. The lowest BCUT2D eigenvalue weighted by atomic mass is 10.0. The van der Waals surface area contributed by atoms with Crippen LogP contribution >= 0.6 is 0 Å². The van der Waals surface area contributed by atoms with E-state index in [-0.39, 0.29) is 5.57 Å². The highest BCUT2D eigenvalue weighted by Crippen LogP contribution is 2.28. The largest absolute Gasteiger partial charge is 0.494 e. The molecule has 7 nitrogen and oxygen atoms in total. The van der Waals surface area contributed by atoms with Crippen LogP contribution in [0.5, 0.6) is 11.5 Å². The van der Waals surface area contributed by atoms with Gasteiger partial charge in [-0.2, -0.15) is 0 Å². The van der Waals surface area contributed by atoms with Gasteiger partial charge in [-0.25, -0.2) is 9.69 Å². The summed E-state index contributed by atoms with van der Waals surface area (Å²) in [5, 5.41) is 4.48. The zero-order valence-corrected chi connectivity index (χ0v) is 21.6. The number of benzene rings is 4. The second-order valence-corrected chi connectivity index (χ2v) is 9.12. The minimum absolute atomic E-state index is 0.168. The number of hydrogen-bond donors (Lipinski definition) is 1. The number of hydrogen-bond acceptors (Lipinski definition) is 5. The molecule has 1 fully saturated rings. The molecule has 1 heterocycles. The Balaban J connectivity index is 1.38. The highest BCUT2D eigenvalue weighted by molar-refractivity contribution is 6.39. The third-order valence-corrected chi connectivity index (χ3v) is 6.45. The van der Waals surface area contributed by atoms with E-state index in [4.69, 9.17) is 9.47 Å². The van der Waals surface area contributed by atoms with E-state index in [1.54, 1.807) is 42.5 Å². The van der Waals surface area contributed by atoms with Crippen LogP contribution in [0.25, 0.3) is 16.8 Å². The molecule has 1 aliphatic heterocycles. The highest BCUT2D eigenvalue weighted by Gasteiger charge is 2.37. The molecule has 5 rings (SSSR count). The van der Waals surface area contributed by atoms with Crippen molar-refractivity contribution >= 4 is 40.4 Å². The number of ether oxygens (including phenoxy) is 2. The zero-order valence-electron chi connectivity index (χ0n) is 21.6. The molecule has 0 saturated carbocycles. The standard InChI is InChI=1S/C32H28N2O5/c1-2-3-19-38-26-17-15-25(16-18-26)34-31(36)28(30(35)33-32(34)37)20-23-10-5-7-14-29(23)39-21-24-12-8-11-22-9-4-6-13-27(22)24/h4-18,20H,2-3,19,21H2,1H3,(H,33,35,37)/b28-20-. The molecule has 1 N–H and O–H groups in total. The van der Waals surface area contributed by atoms with Crippen LogP contribution in [0.15, 0.2) is 96.6 Å². The molecule has 0 radical (unpaired) electrons. The molecular weight excluding hydrogens is 492 g/mol. The second-order valence-electron chi connectivity index (χ2n) is 9.12. The molecule has 7 heteroatoms. The minimum atomic E-state index is -0.803. The molecule has 0 unspecified atom stereocenters. The van der Waals surface area contributed by atoms with Gasteiger partial charge in [0, 0.05) is 5.56 Å². The SMILES string of the molecule is CCCCOc1ccc(N2C(=O)NC(=O)/C(=C/c3ccccc3OCc3cccc4ccccc34)C2=O)cc1. The summed E-state index contributed by atoms with van der Waals surface area (Å²) in [5.74, 6) is -0.325. The van der Waals surface area contributed by atoms with Gasteiger partial charge in [0.15, 0.2) is 0 Å². The second kappa shape index (κ2) is 11.6. The van der Waals surface area contributed by atoms with Crippen molar-refractivity contribution in [1.82, 2.24) is 5.32 Å². The molecule has 39 heavy (non-hydrogen) atoms. The summed E-state index contributed by atoms with van der Waals surface area (Å²) in [5.41, 5.74) is 1.73. The summed E-state index contributed by atoms with van der Waals surface area (Å²) >= 11 is 0. The van der Waals surface area contributed by atoms with Gasteiger partial charge in [0.2, 0.25) is 0 Å². The fourth-order valence-electron chi connectivity index (χ4n) is 4.38. The number of amides is 4. The molecule has 0 aromatic heterocycles. The number of nitrogens with zero attached hydrogens (tertiary/aromatic N) is 1. The van der Waals surface area contributed by atoms with E-state index in [0.717, 1.165) is 34.1 Å². The van der Waals surface area contributed by atoms with Gasteiger partial charge in [0.1, 0.15) is 23.7 Å². The summed E-state index contributed by atoms with van der Waals surface area (Å²) in [7, 11) is 0. The molecule has 4 aromatic carbocycles. The van der Waals surface area contributed by atoms with Gasteiger partial charge in [-0.1, -0.05) is 74.0 Å². The number of anilines is 1. The lowest BCUT2D eigenvalue weighted by Crippen LogP contribution is -2.54. The lowest BCUT2D eigenvalue weighted by Gasteiger charge is -2.26. The quantitative estimate of drug-likeness (QED) is 0.160. The number of carbonyl (C=O) groups is 3. The van der Waals surface area contributed by atoms with E-state index in [0.29, 0.717) is 36.0 Å². The molecule has 0 atom stereocenters. The van der Waals surface area contributed by atoms with Crippen LogP contribution < -0.4 is 19.7 Å². The minimum Gasteiger partial charge on any atom is -0.494 e. The summed E-state index contributed by atoms with van der Waals surface area (Å²) in [6, 6.07) is 27.1. The molecular formula is C32H28N2O5. The summed E-state index contributed by atoms with van der Waals surface area (Å²) in [4.78, 5) is 39.7. The van der Waals surface area contributed by atoms with Gasteiger partial charge in [0.05, 0.1) is 12.3 Å². The topological polar surface area (TPSA) is 84.9 Å². The smallest absolute Gasteiger partial charge is 0.335 e. The predicted molar refractivity (Wildman–Crippen MR) is 151 cm³/mol. The Bertz CT molecular complexity index is 1550. The average molecular weight is 521 g/mol. The maximum atomic E-state index is 13.4. The molecule has 1 aliphatic rings. The monoisotopic (exact) mass is 520 g/mol. The summed E-state index contributed by atoms with van der Waals surface area (Å²) < 4.78 is 11.8. The molecule has 0 spiro atoms. The number of imide groups is 2. The van der Waals surface area contributed by atoms with Crippen LogP contribution in [0.1, 0.15) is 30.9 Å². The average Bonchev–Trinajstić information content (AvgIpc) is 2.95. The maximum absolute atomic E-state index is 13.4. The van der Waals surface area contributed by atoms with Crippen molar-refractivity contribution in [2.45, 2.75) is 26.4 Å². The van der Waals surface area contributed by atoms with E-state index in [2.05, 4.69) is 12.2 Å². The molecule has 0 aliphatic carbocycles. The van der Waals surface area contributed by atoms with Gasteiger partial charge >= 0.3 is 6.03 Å². The number of rotatable bonds is 9. The van der Waals surface area contributed by atoms with E-state index >= 15 is 0 Å². The first-order chi connectivity index (χ1) is 19.0. The van der Waals surface area contributed by atoms with Crippen molar-refractivity contribution in [1.29, 1.82) is 0 Å². The Morgan fingerprint density at radius 2 is 1.56 bits per heavy atom. The van der Waals surface area contributed by atoms with E-state index in [9.17, 15) is 14.4 Å². The predicted octanol–water partition coefficient (Wildman–Crippen LogP) is 6.26. The Kier molecular flexibility index (Phi) is 7.68. The Morgan fingerprint density at radius 1 is 0.821 bits per heavy atom. The molecule has 4 amide bonds. The number of fused-ring (bicyclic) bond motifs is 1. The molecule has 196 valence electrons. The lowest BCUT2D eigenvalue weighted by molar-refractivity contribution is -0.122. The fourth-order valence-corrected chi connectivity index (χ4v) is 4.38. The molecule has 0 bridgehead atoms. The first-order valence-electron chi connectivity index (χ1n) is 12.9. The van der Waals surface area contributed by atoms with Crippen LogP contribution in [0.4, 0.5) is 10.5 Å². The Morgan fingerprint density at radius 3 is 2.38 bits per heavy atom. The van der Waals surface area contributed by atoms with Crippen LogP contribution in [-0.4, -0.2) is 24.5 Å². The summed E-state index contributed by atoms with van der Waals surface area (Å²) in [6.07, 6.45) is 3.40. The van der Waals surface area contributed by atoms with E-state index in [1.165, 1.54) is 6.08 Å². The van der Waals surface area contributed by atoms with Crippen molar-refractivity contribution in [2.75, 3.05) is 11.5 Å². The van der Waals surface area contributed by atoms with Crippen LogP contribution in [0.2, 0.25) is 0 Å². The molecule has 4 aromatic rings. The maximum Gasteiger partial charge on any atom is 0.335 e. The first-order valence-corrected chi connectivity index (χ1v) is 12.9. The van der Waals surface area contributed by atoms with E-state index < -0.39 is 17.8 Å². The third kappa shape index (κ3) is 5.67. The van der Waals surface area contributed by atoms with Crippen LogP contribution in [-0.2, 0) is 16.2 Å². The van der Waals surface area contributed by atoms with Crippen LogP contribution in [0, 0.1) is 0 Å². The fraction of sp³-hybridized carbons (Fsp3) is 0.156. The first kappa shape index (κ1) is 25.7. The Labute approximate surface area is 226 Å². The number of carbonyl (C=O) groups excluding carboxylic acids is 3. The molecule has 1 saturated heterocycles. The van der Waals surface area contributed by atoms with Crippen molar-refractivity contribution < 1.29 is 23.9 Å². The number of nitrogens with one attached hydrogen (secondary N) is 1. The van der Waals surface area contributed by atoms with Gasteiger partial charge in [0.25, 0.3) is 11.8 Å². The number of urea groups is 1. The van der Waals surface area contributed by atoms with Gasteiger partial charge < -0.3 is 9.47 Å². The van der Waals surface area contributed by atoms with Crippen molar-refractivity contribution in [3.8, 4) is 11.5 Å². The van der Waals surface area contributed by atoms with Gasteiger partial charge in [-0.15, -0.1) is 0 Å². The summed E-state index contributed by atoms with van der Waals surface area (Å²) in [6.45, 7) is 2.97. The van der Waals surface area contributed by atoms with Gasteiger partial charge in [-0.3, -0.25) is 14.9 Å². The normalized spacial score (nSPS) is 14.5. The van der Waals surface area contributed by atoms with Crippen molar-refractivity contribution in [3.05, 3.63) is 108 Å². The Hall–Kier alpha value is -4.91. The third-order valence-electron chi connectivity index (χ3n) is 6.45. The van der Waals surface area contributed by atoms with Crippen LogP contribution in [0.3, 0.4) is 0 Å². The number of para-hydroxylation sites is 1. The highest BCUT2D eigenvalue weighted by atomic mass is 16.5.